The van der Waals surface area contributed by atoms with E-state index in [0.717, 1.165) is 19.1 Å². The zero-order chi connectivity index (χ0) is 21.4. The monoisotopic (exact) mass is 418 g/mol. The fourth-order valence-corrected chi connectivity index (χ4v) is 3.76. The van der Waals surface area contributed by atoms with Crippen LogP contribution >= 0.6 is 0 Å². The number of hydroxylamine groups is 1. The molecule has 0 radical (unpaired) electrons. The number of rotatable bonds is 5. The molecule has 1 aliphatic carbocycles. The summed E-state index contributed by atoms with van der Waals surface area (Å²) < 4.78 is 23.6. The third-order valence-corrected chi connectivity index (χ3v) is 7.38. The Morgan fingerprint density at radius 1 is 1.41 bits per heavy atom. The summed E-state index contributed by atoms with van der Waals surface area (Å²) in [5.74, 6) is 10.2. The van der Waals surface area contributed by atoms with Crippen molar-refractivity contribution in [2.75, 3.05) is 12.8 Å². The molecule has 3 rings (SSSR count). The molecule has 0 spiro atoms. The van der Waals surface area contributed by atoms with Crippen LogP contribution < -0.4 is 11.2 Å². The van der Waals surface area contributed by atoms with Crippen molar-refractivity contribution in [3.05, 3.63) is 23.5 Å². The van der Waals surface area contributed by atoms with Crippen molar-refractivity contribution in [2.45, 2.75) is 43.0 Å². The fourth-order valence-electron chi connectivity index (χ4n) is 2.92. The molecule has 1 aliphatic heterocycles. The second kappa shape index (κ2) is 7.23. The van der Waals surface area contributed by atoms with Gasteiger partial charge in [0.2, 0.25) is 0 Å². The maximum absolute atomic E-state index is 12.6. The minimum absolute atomic E-state index is 0.0303. The van der Waals surface area contributed by atoms with Crippen LogP contribution in [0.25, 0.3) is 0 Å². The van der Waals surface area contributed by atoms with Gasteiger partial charge in [-0.15, -0.1) is 0 Å². The zero-order valence-corrected chi connectivity index (χ0v) is 17.0. The lowest BCUT2D eigenvalue weighted by molar-refractivity contribution is -0.131. The Hall–Kier alpha value is -2.79. The molecule has 1 atom stereocenters. The van der Waals surface area contributed by atoms with E-state index in [-0.39, 0.29) is 31.1 Å². The van der Waals surface area contributed by atoms with Gasteiger partial charge in [0.15, 0.2) is 14.6 Å². The van der Waals surface area contributed by atoms with Gasteiger partial charge in [0.05, 0.1) is 12.1 Å². The molecule has 0 aromatic carbocycles. The molecule has 10 heteroatoms. The van der Waals surface area contributed by atoms with Crippen LogP contribution in [0.4, 0.5) is 4.79 Å². The number of hydrogen-bond donors (Lipinski definition) is 3. The van der Waals surface area contributed by atoms with Crippen molar-refractivity contribution in [1.29, 1.82) is 0 Å². The van der Waals surface area contributed by atoms with Crippen LogP contribution in [-0.4, -0.2) is 58.1 Å². The standard InChI is InChI=1S/C19H22N4O5S/c1-18(16(24)21-26,29(2,27)28)9-10-22-13-15-11-14(12-23(15)17(22)25)5-3-4-6-19(20)7-8-19/h11-12,26H,7-10,13,20H2,1-2H3,(H,21,24)/t18-/m1/s1. The average molecular weight is 418 g/mol. The third-order valence-electron chi connectivity index (χ3n) is 5.36. The van der Waals surface area contributed by atoms with Gasteiger partial charge in [-0.05, 0) is 44.1 Å². The molecule has 1 fully saturated rings. The fraction of sp³-hybridized carbons (Fsp3) is 0.474. The minimum Gasteiger partial charge on any atom is -0.318 e. The molecule has 154 valence electrons. The number of carbonyl (C=O) groups is 2. The van der Waals surface area contributed by atoms with Crippen molar-refractivity contribution in [3.8, 4) is 23.7 Å². The van der Waals surface area contributed by atoms with E-state index in [9.17, 15) is 18.0 Å². The van der Waals surface area contributed by atoms with Crippen molar-refractivity contribution >= 4 is 21.8 Å². The van der Waals surface area contributed by atoms with Crippen LogP contribution in [0.15, 0.2) is 12.3 Å². The molecule has 0 saturated heterocycles. The number of aromatic nitrogens is 1. The highest BCUT2D eigenvalue weighted by Gasteiger charge is 2.44. The molecular weight excluding hydrogens is 396 g/mol. The normalized spacial score (nSPS) is 18.6. The van der Waals surface area contributed by atoms with E-state index in [1.54, 1.807) is 12.3 Å². The van der Waals surface area contributed by atoms with Crippen LogP contribution in [0.2, 0.25) is 0 Å². The summed E-state index contributed by atoms with van der Waals surface area (Å²) in [5.41, 5.74) is 8.22. The van der Waals surface area contributed by atoms with Crippen molar-refractivity contribution in [2.24, 2.45) is 5.73 Å². The van der Waals surface area contributed by atoms with Gasteiger partial charge in [0.1, 0.15) is 0 Å². The maximum Gasteiger partial charge on any atom is 0.328 e. The lowest BCUT2D eigenvalue weighted by Gasteiger charge is -2.27. The lowest BCUT2D eigenvalue weighted by atomic mass is 10.1. The first kappa shape index (κ1) is 20.9. The molecule has 4 N–H and O–H groups in total. The minimum atomic E-state index is -3.82. The van der Waals surface area contributed by atoms with E-state index >= 15 is 0 Å². The van der Waals surface area contributed by atoms with Crippen molar-refractivity contribution in [1.82, 2.24) is 14.9 Å². The van der Waals surface area contributed by atoms with Crippen LogP contribution in [0, 0.1) is 23.7 Å². The molecule has 1 saturated carbocycles. The Morgan fingerprint density at radius 2 is 2.10 bits per heavy atom. The smallest absolute Gasteiger partial charge is 0.318 e. The van der Waals surface area contributed by atoms with Crippen molar-refractivity contribution < 1.29 is 23.2 Å². The van der Waals surface area contributed by atoms with E-state index in [4.69, 9.17) is 10.9 Å². The summed E-state index contributed by atoms with van der Waals surface area (Å²) in [4.78, 5) is 25.9. The topological polar surface area (TPSA) is 135 Å². The highest BCUT2D eigenvalue weighted by atomic mass is 32.2. The molecule has 29 heavy (non-hydrogen) atoms. The summed E-state index contributed by atoms with van der Waals surface area (Å²) in [6, 6.07) is 1.43. The van der Waals surface area contributed by atoms with Gasteiger partial charge in [-0.1, -0.05) is 11.8 Å². The number of nitrogens with one attached hydrogen (secondary N) is 1. The van der Waals surface area contributed by atoms with Gasteiger partial charge < -0.3 is 10.6 Å². The van der Waals surface area contributed by atoms with Gasteiger partial charge >= 0.3 is 6.03 Å². The Morgan fingerprint density at radius 3 is 2.66 bits per heavy atom. The summed E-state index contributed by atoms with van der Waals surface area (Å²) >= 11 is 0. The summed E-state index contributed by atoms with van der Waals surface area (Å²) in [7, 11) is -3.82. The average Bonchev–Trinajstić information content (AvgIpc) is 3.14. The molecule has 1 aromatic rings. The first-order chi connectivity index (χ1) is 13.5. The Kier molecular flexibility index (Phi) is 5.22. The van der Waals surface area contributed by atoms with Crippen molar-refractivity contribution in [3.63, 3.8) is 0 Å². The van der Waals surface area contributed by atoms with Gasteiger partial charge in [0, 0.05) is 30.3 Å². The molecule has 2 heterocycles. The molecule has 2 amide bonds. The van der Waals surface area contributed by atoms with Crippen LogP contribution in [0.5, 0.6) is 0 Å². The third kappa shape index (κ3) is 4.15. The van der Waals surface area contributed by atoms with Gasteiger partial charge in [-0.3, -0.25) is 14.6 Å². The predicted octanol–water partition coefficient (Wildman–Crippen LogP) is -0.183. The SMILES string of the molecule is C[C@@](CCN1Cc2cc(C#CC#CC3(N)CC3)cn2C1=O)(C(=O)NO)S(C)(=O)=O. The van der Waals surface area contributed by atoms with E-state index < -0.39 is 20.5 Å². The van der Waals surface area contributed by atoms with E-state index in [0.29, 0.717) is 11.3 Å². The highest BCUT2D eigenvalue weighted by molar-refractivity contribution is 7.92. The van der Waals surface area contributed by atoms with Gasteiger partial charge in [-0.2, -0.15) is 0 Å². The number of hydrogen-bond acceptors (Lipinski definition) is 6. The number of nitrogens with zero attached hydrogens (tertiary/aromatic N) is 2. The maximum atomic E-state index is 12.6. The van der Waals surface area contributed by atoms with E-state index in [1.807, 2.05) is 0 Å². The molecular formula is C19H22N4O5S. The quantitative estimate of drug-likeness (QED) is 0.345. The highest BCUT2D eigenvalue weighted by Crippen LogP contribution is 2.30. The zero-order valence-electron chi connectivity index (χ0n) is 16.2. The second-order valence-electron chi connectivity index (χ2n) is 7.64. The number of nitrogens with two attached hydrogens (primary N) is 1. The number of carbonyl (C=O) groups excluding carboxylic acids is 2. The molecule has 9 nitrogen and oxygen atoms in total. The first-order valence-electron chi connectivity index (χ1n) is 8.96. The number of fused-ring (bicyclic) bond motifs is 1. The lowest BCUT2D eigenvalue weighted by Crippen LogP contribution is -2.50. The van der Waals surface area contributed by atoms with Gasteiger partial charge in [0.25, 0.3) is 5.91 Å². The Bertz CT molecular complexity index is 1100. The first-order valence-corrected chi connectivity index (χ1v) is 10.8. The van der Waals surface area contributed by atoms with E-state index in [1.165, 1.54) is 21.9 Å². The summed E-state index contributed by atoms with van der Waals surface area (Å²) in [6.45, 7) is 1.51. The molecule has 1 aromatic heterocycles. The largest absolute Gasteiger partial charge is 0.328 e. The second-order valence-corrected chi connectivity index (χ2v) is 10.1. The van der Waals surface area contributed by atoms with E-state index in [2.05, 4.69) is 23.7 Å². The predicted molar refractivity (Wildman–Crippen MR) is 104 cm³/mol. The molecule has 2 aliphatic rings. The number of amides is 2. The number of sulfone groups is 1. The van der Waals surface area contributed by atoms with Crippen LogP contribution in [-0.2, 0) is 21.2 Å². The molecule has 0 bridgehead atoms. The summed E-state index contributed by atoms with van der Waals surface area (Å²) in [6.07, 6.45) is 4.12. The summed E-state index contributed by atoms with van der Waals surface area (Å²) in [5, 5.41) is 8.88. The Balaban J connectivity index is 1.67. The van der Waals surface area contributed by atoms with Gasteiger partial charge in [-0.25, -0.2) is 18.7 Å². The molecule has 0 unspecified atom stereocenters. The Labute approximate surface area is 169 Å². The van der Waals surface area contributed by atoms with Crippen LogP contribution in [0.1, 0.15) is 37.4 Å². The van der Waals surface area contributed by atoms with Crippen LogP contribution in [0.3, 0.4) is 0 Å².